The number of carbonyl (C=O) groups is 2. The zero-order valence-electron chi connectivity index (χ0n) is 17.5. The second-order valence-corrected chi connectivity index (χ2v) is 8.41. The Bertz CT molecular complexity index is 1070. The molecule has 0 spiro atoms. The van der Waals surface area contributed by atoms with Crippen molar-refractivity contribution in [3.63, 3.8) is 0 Å². The van der Waals surface area contributed by atoms with Crippen molar-refractivity contribution in [2.24, 2.45) is 5.92 Å². The van der Waals surface area contributed by atoms with E-state index in [1.807, 2.05) is 51.9 Å². The number of hydrogen-bond donors (Lipinski definition) is 1. The molecule has 30 heavy (non-hydrogen) atoms. The second-order valence-electron chi connectivity index (χ2n) is 8.41. The van der Waals surface area contributed by atoms with E-state index in [-0.39, 0.29) is 24.4 Å². The van der Waals surface area contributed by atoms with Gasteiger partial charge in [0.15, 0.2) is 0 Å². The van der Waals surface area contributed by atoms with Crippen molar-refractivity contribution in [3.05, 3.63) is 71.4 Å². The number of amides is 1. The number of fused-ring (bicyclic) bond motifs is 3. The lowest BCUT2D eigenvalue weighted by Crippen LogP contribution is -2.42. The molecule has 0 bridgehead atoms. The Kier molecular flexibility index (Phi) is 5.62. The third kappa shape index (κ3) is 3.84. The first kappa shape index (κ1) is 20.2. The molecule has 2 aromatic carbocycles. The predicted octanol–water partition coefficient (Wildman–Crippen LogP) is 4.27. The van der Waals surface area contributed by atoms with E-state index in [1.165, 1.54) is 0 Å². The second kappa shape index (κ2) is 8.34. The molecule has 5 nitrogen and oxygen atoms in total. The van der Waals surface area contributed by atoms with Crippen LogP contribution in [0.5, 0.6) is 0 Å². The molecule has 0 saturated heterocycles. The maximum Gasteiger partial charge on any atom is 0.323 e. The molecular weight excluding hydrogens is 376 g/mol. The van der Waals surface area contributed by atoms with E-state index in [2.05, 4.69) is 26.0 Å². The summed E-state index contributed by atoms with van der Waals surface area (Å²) >= 11 is 0. The number of carboxylic acid groups (broad SMARTS) is 1. The zero-order chi connectivity index (χ0) is 21.3. The lowest BCUT2D eigenvalue weighted by atomic mass is 9.85. The molecular formula is C25H28N2O3. The van der Waals surface area contributed by atoms with Gasteiger partial charge >= 0.3 is 5.97 Å². The number of rotatable bonds is 6. The summed E-state index contributed by atoms with van der Waals surface area (Å²) in [6.45, 7) is 4.70. The maximum absolute atomic E-state index is 13.5. The van der Waals surface area contributed by atoms with Crippen LogP contribution in [0.25, 0.3) is 10.9 Å². The van der Waals surface area contributed by atoms with Crippen LogP contribution in [-0.2, 0) is 35.5 Å². The van der Waals surface area contributed by atoms with E-state index in [4.69, 9.17) is 0 Å². The van der Waals surface area contributed by atoms with E-state index in [0.29, 0.717) is 13.0 Å². The molecule has 0 radical (unpaired) electrons. The zero-order valence-corrected chi connectivity index (χ0v) is 17.5. The van der Waals surface area contributed by atoms with Crippen molar-refractivity contribution in [2.75, 3.05) is 0 Å². The van der Waals surface area contributed by atoms with Crippen molar-refractivity contribution >= 4 is 22.8 Å². The Balaban J connectivity index is 1.63. The van der Waals surface area contributed by atoms with Gasteiger partial charge in [0.25, 0.3) is 0 Å². The third-order valence-corrected chi connectivity index (χ3v) is 6.12. The van der Waals surface area contributed by atoms with Gasteiger partial charge in [0.05, 0.1) is 0 Å². The number of benzene rings is 2. The average Bonchev–Trinajstić information content (AvgIpc) is 3.05. The molecule has 1 aliphatic carbocycles. The number of nitrogens with zero attached hydrogens (tertiary/aromatic N) is 2. The first-order valence-electron chi connectivity index (χ1n) is 10.6. The number of aromatic nitrogens is 1. The lowest BCUT2D eigenvalue weighted by molar-refractivity contribution is -0.139. The fraction of sp³-hybridized carbons (Fsp3) is 0.360. The lowest BCUT2D eigenvalue weighted by Gasteiger charge is -2.33. The minimum absolute atomic E-state index is 0.0411. The van der Waals surface area contributed by atoms with Crippen LogP contribution in [0.2, 0.25) is 0 Å². The van der Waals surface area contributed by atoms with Gasteiger partial charge in [-0.05, 0) is 50.3 Å². The molecule has 1 unspecified atom stereocenters. The molecule has 156 valence electrons. The van der Waals surface area contributed by atoms with Crippen LogP contribution in [0, 0.1) is 5.92 Å². The van der Waals surface area contributed by atoms with Crippen LogP contribution in [0.15, 0.2) is 54.6 Å². The molecule has 1 atom stereocenters. The fourth-order valence-electron chi connectivity index (χ4n) is 4.66. The highest BCUT2D eigenvalue weighted by Crippen LogP contribution is 2.35. The molecule has 1 aromatic heterocycles. The van der Waals surface area contributed by atoms with Gasteiger partial charge in [-0.3, -0.25) is 9.59 Å². The summed E-state index contributed by atoms with van der Waals surface area (Å²) in [6.07, 6.45) is 2.14. The topological polar surface area (TPSA) is 62.5 Å². The van der Waals surface area contributed by atoms with Crippen molar-refractivity contribution < 1.29 is 14.7 Å². The number of aliphatic carboxylic acids is 1. The summed E-state index contributed by atoms with van der Waals surface area (Å²) in [4.78, 5) is 26.9. The number of carboxylic acids is 1. The Hall–Kier alpha value is -3.08. The molecule has 1 heterocycles. The summed E-state index contributed by atoms with van der Waals surface area (Å²) in [5, 5.41) is 10.5. The summed E-state index contributed by atoms with van der Waals surface area (Å²) in [7, 11) is 0. The molecule has 5 heteroatoms. The van der Waals surface area contributed by atoms with Gasteiger partial charge in [-0.15, -0.1) is 0 Å². The highest BCUT2D eigenvalue weighted by Gasteiger charge is 2.32. The Morgan fingerprint density at radius 2 is 1.80 bits per heavy atom. The molecule has 0 saturated carbocycles. The number of carbonyl (C=O) groups excluding carboxylic acids is 1. The normalized spacial score (nSPS) is 15.9. The molecule has 0 aliphatic heterocycles. The third-order valence-electron chi connectivity index (χ3n) is 6.12. The number of para-hydroxylation sites is 1. The van der Waals surface area contributed by atoms with E-state index < -0.39 is 5.97 Å². The highest BCUT2D eigenvalue weighted by molar-refractivity contribution is 5.88. The molecule has 1 N–H and O–H groups in total. The first-order valence-corrected chi connectivity index (χ1v) is 10.6. The van der Waals surface area contributed by atoms with Gasteiger partial charge in [-0.1, -0.05) is 48.5 Å². The quantitative estimate of drug-likeness (QED) is 0.667. The van der Waals surface area contributed by atoms with Crippen molar-refractivity contribution in [1.82, 2.24) is 9.47 Å². The van der Waals surface area contributed by atoms with Gasteiger partial charge in [0, 0.05) is 35.1 Å². The van der Waals surface area contributed by atoms with Crippen LogP contribution in [-0.4, -0.2) is 32.5 Å². The predicted molar refractivity (Wildman–Crippen MR) is 117 cm³/mol. The smallest absolute Gasteiger partial charge is 0.323 e. The maximum atomic E-state index is 13.5. The van der Waals surface area contributed by atoms with Crippen LogP contribution in [0.3, 0.4) is 0 Å². The Morgan fingerprint density at radius 3 is 2.50 bits per heavy atom. The van der Waals surface area contributed by atoms with Gasteiger partial charge in [-0.25, -0.2) is 0 Å². The average molecular weight is 405 g/mol. The summed E-state index contributed by atoms with van der Waals surface area (Å²) in [5.41, 5.74) is 4.29. The van der Waals surface area contributed by atoms with E-state index in [0.717, 1.165) is 40.6 Å². The Morgan fingerprint density at radius 1 is 1.10 bits per heavy atom. The van der Waals surface area contributed by atoms with Gasteiger partial charge < -0.3 is 14.6 Å². The number of hydrogen-bond acceptors (Lipinski definition) is 2. The van der Waals surface area contributed by atoms with Crippen LogP contribution < -0.4 is 0 Å². The first-order chi connectivity index (χ1) is 14.5. The molecule has 1 amide bonds. The summed E-state index contributed by atoms with van der Waals surface area (Å²) in [5.74, 6) is -0.729. The molecule has 4 rings (SSSR count). The van der Waals surface area contributed by atoms with E-state index >= 15 is 0 Å². The molecule has 3 aromatic rings. The minimum atomic E-state index is -0.842. The van der Waals surface area contributed by atoms with Crippen LogP contribution in [0.1, 0.15) is 37.1 Å². The molecule has 1 aliphatic rings. The van der Waals surface area contributed by atoms with E-state index in [9.17, 15) is 14.7 Å². The van der Waals surface area contributed by atoms with E-state index in [1.54, 1.807) is 0 Å². The van der Waals surface area contributed by atoms with Crippen LogP contribution in [0.4, 0.5) is 0 Å². The van der Waals surface area contributed by atoms with Crippen LogP contribution >= 0.6 is 0 Å². The van der Waals surface area contributed by atoms with Crippen molar-refractivity contribution in [3.8, 4) is 0 Å². The van der Waals surface area contributed by atoms with Gasteiger partial charge in [0.2, 0.25) is 5.91 Å². The summed E-state index contributed by atoms with van der Waals surface area (Å²) < 4.78 is 1.91. The van der Waals surface area contributed by atoms with Gasteiger partial charge in [-0.2, -0.15) is 0 Å². The highest BCUT2D eigenvalue weighted by atomic mass is 16.4. The van der Waals surface area contributed by atoms with Gasteiger partial charge in [0.1, 0.15) is 6.54 Å². The minimum Gasteiger partial charge on any atom is -0.480 e. The Labute approximate surface area is 176 Å². The summed E-state index contributed by atoms with van der Waals surface area (Å²) in [6, 6.07) is 18.2. The standard InChI is InChI=1S/C25H28N2O3/c1-17(2)26(15-18-8-4-3-5-9-18)25(30)19-12-13-23-21(14-19)20-10-6-7-11-22(20)27(23)16-24(28)29/h3-11,17,19H,12-16H2,1-2H3,(H,28,29). The molecule has 0 fully saturated rings. The van der Waals surface area contributed by atoms with Crippen molar-refractivity contribution in [2.45, 2.75) is 52.2 Å². The largest absolute Gasteiger partial charge is 0.480 e. The fourth-order valence-corrected chi connectivity index (χ4v) is 4.66. The monoisotopic (exact) mass is 404 g/mol. The van der Waals surface area contributed by atoms with Crippen molar-refractivity contribution in [1.29, 1.82) is 0 Å². The SMILES string of the molecule is CC(C)N(Cc1ccccc1)C(=O)C1CCc2c(c3ccccc3n2CC(=O)O)C1.